The van der Waals surface area contributed by atoms with E-state index in [2.05, 4.69) is 24.4 Å². The summed E-state index contributed by atoms with van der Waals surface area (Å²) in [6, 6.07) is 4.12. The molecule has 3 nitrogen and oxygen atoms in total. The second-order valence-corrected chi connectivity index (χ2v) is 5.93. The van der Waals surface area contributed by atoms with Gasteiger partial charge in [-0.2, -0.15) is 0 Å². The minimum atomic E-state index is -0.605. The first-order chi connectivity index (χ1) is 7.60. The molecule has 0 bridgehead atoms. The molecule has 1 heterocycles. The second-order valence-electron chi connectivity index (χ2n) is 4.56. The van der Waals surface area contributed by atoms with Crippen molar-refractivity contribution in [3.63, 3.8) is 0 Å². The van der Waals surface area contributed by atoms with Gasteiger partial charge in [-0.05, 0) is 31.9 Å². The zero-order valence-electron chi connectivity index (χ0n) is 9.58. The normalized spacial score (nSPS) is 18.6. The van der Waals surface area contributed by atoms with E-state index >= 15 is 0 Å². The number of carbonyl (C=O) groups excluding carboxylic acids is 1. The Morgan fingerprint density at radius 2 is 2.19 bits per heavy atom. The molecule has 16 heavy (non-hydrogen) atoms. The molecule has 0 aromatic carbocycles. The molecule has 2 rings (SSSR count). The van der Waals surface area contributed by atoms with Gasteiger partial charge in [-0.1, -0.05) is 12.8 Å². The largest absolute Gasteiger partial charge is 0.350 e. The maximum Gasteiger partial charge on any atom is 0.240 e. The summed E-state index contributed by atoms with van der Waals surface area (Å²) in [5, 5.41) is 2.94. The highest BCUT2D eigenvalue weighted by molar-refractivity contribution is 7.11. The Kier molecular flexibility index (Phi) is 3.30. The summed E-state index contributed by atoms with van der Waals surface area (Å²) in [7, 11) is 0. The van der Waals surface area contributed by atoms with Crippen LogP contribution in [0.1, 0.15) is 35.4 Å². The van der Waals surface area contributed by atoms with Crippen molar-refractivity contribution in [2.24, 2.45) is 5.73 Å². The number of nitrogens with one attached hydrogen (secondary N) is 1. The number of aryl methyl sites for hydroxylation is 1. The van der Waals surface area contributed by atoms with Crippen molar-refractivity contribution < 1.29 is 4.79 Å². The van der Waals surface area contributed by atoms with E-state index in [1.165, 1.54) is 9.75 Å². The molecule has 1 saturated carbocycles. The van der Waals surface area contributed by atoms with Gasteiger partial charge in [0, 0.05) is 9.75 Å². The van der Waals surface area contributed by atoms with Crippen molar-refractivity contribution in [1.82, 2.24) is 5.32 Å². The van der Waals surface area contributed by atoms with Crippen LogP contribution >= 0.6 is 11.3 Å². The quantitative estimate of drug-likeness (QED) is 0.845. The van der Waals surface area contributed by atoms with Gasteiger partial charge in [0.25, 0.3) is 0 Å². The van der Waals surface area contributed by atoms with Gasteiger partial charge in [0.2, 0.25) is 5.91 Å². The molecule has 1 amide bonds. The first-order valence-electron chi connectivity index (χ1n) is 5.73. The van der Waals surface area contributed by atoms with E-state index in [4.69, 9.17) is 5.73 Å². The van der Waals surface area contributed by atoms with Crippen molar-refractivity contribution in [1.29, 1.82) is 0 Å². The molecular formula is C12H18N2OS. The van der Waals surface area contributed by atoms with Crippen molar-refractivity contribution in [3.8, 4) is 0 Å². The van der Waals surface area contributed by atoms with Crippen LogP contribution in [-0.4, -0.2) is 11.4 Å². The summed E-state index contributed by atoms with van der Waals surface area (Å²) in [4.78, 5) is 14.4. The van der Waals surface area contributed by atoms with Gasteiger partial charge in [0.15, 0.2) is 0 Å². The fraction of sp³-hybridized carbons (Fsp3) is 0.583. The fourth-order valence-corrected chi connectivity index (χ4v) is 2.99. The summed E-state index contributed by atoms with van der Waals surface area (Å²) in [6.07, 6.45) is 3.79. The smallest absolute Gasteiger partial charge is 0.240 e. The van der Waals surface area contributed by atoms with Crippen LogP contribution in [0.2, 0.25) is 0 Å². The van der Waals surface area contributed by atoms with Crippen molar-refractivity contribution >= 4 is 17.2 Å². The average molecular weight is 238 g/mol. The first-order valence-corrected chi connectivity index (χ1v) is 6.54. The third kappa shape index (κ3) is 2.44. The lowest BCUT2D eigenvalue weighted by Gasteiger charge is -2.21. The fourth-order valence-electron chi connectivity index (χ4n) is 2.16. The van der Waals surface area contributed by atoms with Crippen LogP contribution in [0.3, 0.4) is 0 Å². The second kappa shape index (κ2) is 4.55. The molecule has 0 spiro atoms. The maximum absolute atomic E-state index is 11.9. The Bertz CT molecular complexity index is 380. The first kappa shape index (κ1) is 11.6. The van der Waals surface area contributed by atoms with E-state index in [1.54, 1.807) is 11.3 Å². The van der Waals surface area contributed by atoms with E-state index in [9.17, 15) is 4.79 Å². The van der Waals surface area contributed by atoms with E-state index in [1.807, 2.05) is 0 Å². The lowest BCUT2D eigenvalue weighted by atomic mass is 9.98. The van der Waals surface area contributed by atoms with E-state index in [0.29, 0.717) is 6.54 Å². The Hall–Kier alpha value is -0.870. The molecular weight excluding hydrogens is 220 g/mol. The van der Waals surface area contributed by atoms with Gasteiger partial charge >= 0.3 is 0 Å². The van der Waals surface area contributed by atoms with Crippen LogP contribution in [-0.2, 0) is 11.3 Å². The molecule has 1 aliphatic carbocycles. The Balaban J connectivity index is 1.88. The minimum Gasteiger partial charge on any atom is -0.350 e. The number of rotatable bonds is 3. The molecule has 3 N–H and O–H groups in total. The molecule has 0 atom stereocenters. The van der Waals surface area contributed by atoms with Gasteiger partial charge in [0.1, 0.15) is 0 Å². The molecule has 4 heteroatoms. The number of thiophene rings is 1. The van der Waals surface area contributed by atoms with E-state index < -0.39 is 5.54 Å². The molecule has 1 aromatic heterocycles. The summed E-state index contributed by atoms with van der Waals surface area (Å²) >= 11 is 1.72. The molecule has 1 fully saturated rings. The Morgan fingerprint density at radius 1 is 1.50 bits per heavy atom. The summed E-state index contributed by atoms with van der Waals surface area (Å²) in [6.45, 7) is 2.67. The van der Waals surface area contributed by atoms with Gasteiger partial charge in [-0.3, -0.25) is 4.79 Å². The Labute approximate surface area is 100 Å². The molecule has 1 aromatic rings. The maximum atomic E-state index is 11.9. The zero-order valence-corrected chi connectivity index (χ0v) is 10.4. The van der Waals surface area contributed by atoms with Gasteiger partial charge < -0.3 is 11.1 Å². The van der Waals surface area contributed by atoms with Crippen LogP contribution in [0.4, 0.5) is 0 Å². The monoisotopic (exact) mass is 238 g/mol. The highest BCUT2D eigenvalue weighted by atomic mass is 32.1. The van der Waals surface area contributed by atoms with E-state index in [-0.39, 0.29) is 5.91 Å². The number of hydrogen-bond acceptors (Lipinski definition) is 3. The molecule has 0 radical (unpaired) electrons. The SMILES string of the molecule is Cc1ccc(CNC(=O)C2(N)CCCC2)s1. The third-order valence-corrected chi connectivity index (χ3v) is 4.17. The third-order valence-electron chi connectivity index (χ3n) is 3.17. The van der Waals surface area contributed by atoms with Crippen LogP contribution in [0, 0.1) is 6.92 Å². The number of nitrogens with two attached hydrogens (primary N) is 1. The topological polar surface area (TPSA) is 55.1 Å². The lowest BCUT2D eigenvalue weighted by Crippen LogP contribution is -2.51. The number of amides is 1. The van der Waals surface area contributed by atoms with Crippen LogP contribution < -0.4 is 11.1 Å². The van der Waals surface area contributed by atoms with Crippen LogP contribution in [0.15, 0.2) is 12.1 Å². The highest BCUT2D eigenvalue weighted by Gasteiger charge is 2.36. The number of carbonyl (C=O) groups is 1. The van der Waals surface area contributed by atoms with Gasteiger partial charge in [-0.25, -0.2) is 0 Å². The summed E-state index contributed by atoms with van der Waals surface area (Å²) < 4.78 is 0. The van der Waals surface area contributed by atoms with Crippen LogP contribution in [0.25, 0.3) is 0 Å². The molecule has 1 aliphatic rings. The standard InChI is InChI=1S/C12H18N2OS/c1-9-4-5-10(16-9)8-14-11(15)12(13)6-2-3-7-12/h4-5H,2-3,6-8,13H2,1H3,(H,14,15). The van der Waals surface area contributed by atoms with Crippen molar-refractivity contribution in [3.05, 3.63) is 21.9 Å². The van der Waals surface area contributed by atoms with Gasteiger partial charge in [0.05, 0.1) is 12.1 Å². The highest BCUT2D eigenvalue weighted by Crippen LogP contribution is 2.27. The van der Waals surface area contributed by atoms with Gasteiger partial charge in [-0.15, -0.1) is 11.3 Å². The molecule has 0 unspecified atom stereocenters. The van der Waals surface area contributed by atoms with Crippen molar-refractivity contribution in [2.75, 3.05) is 0 Å². The molecule has 0 aliphatic heterocycles. The lowest BCUT2D eigenvalue weighted by molar-refractivity contribution is -0.126. The zero-order chi connectivity index (χ0) is 11.6. The minimum absolute atomic E-state index is 0.0102. The predicted molar refractivity (Wildman–Crippen MR) is 66.3 cm³/mol. The molecule has 88 valence electrons. The average Bonchev–Trinajstić information content (AvgIpc) is 2.85. The Morgan fingerprint density at radius 3 is 2.75 bits per heavy atom. The summed E-state index contributed by atoms with van der Waals surface area (Å²) in [5.41, 5.74) is 5.46. The number of hydrogen-bond donors (Lipinski definition) is 2. The summed E-state index contributed by atoms with van der Waals surface area (Å²) in [5.74, 6) is 0.0102. The van der Waals surface area contributed by atoms with E-state index in [0.717, 1.165) is 25.7 Å². The molecule has 0 saturated heterocycles. The predicted octanol–water partition coefficient (Wildman–Crippen LogP) is 1.94. The van der Waals surface area contributed by atoms with Crippen molar-refractivity contribution in [2.45, 2.75) is 44.7 Å². The van der Waals surface area contributed by atoms with Crippen LogP contribution in [0.5, 0.6) is 0 Å².